The first-order valence-corrected chi connectivity index (χ1v) is 8.43. The normalized spacial score (nSPS) is 11.2. The first-order chi connectivity index (χ1) is 9.57. The summed E-state index contributed by atoms with van der Waals surface area (Å²) in [5.74, 6) is 0.401. The Kier molecular flexibility index (Phi) is 4.80. The zero-order chi connectivity index (χ0) is 14.4. The molecule has 3 N–H and O–H groups in total. The zero-order valence-electron chi connectivity index (χ0n) is 10.6. The third kappa shape index (κ3) is 4.39. The van der Waals surface area contributed by atoms with E-state index in [4.69, 9.17) is 5.73 Å². The van der Waals surface area contributed by atoms with Crippen molar-refractivity contribution in [3.05, 3.63) is 43.0 Å². The Labute approximate surface area is 121 Å². The molecule has 0 saturated heterocycles. The Morgan fingerprint density at radius 1 is 1.20 bits per heavy atom. The van der Waals surface area contributed by atoms with Gasteiger partial charge in [-0.1, -0.05) is 12.1 Å². The van der Waals surface area contributed by atoms with Crippen LogP contribution in [0.25, 0.3) is 0 Å². The van der Waals surface area contributed by atoms with Crippen molar-refractivity contribution in [2.24, 2.45) is 0 Å². The predicted octanol–water partition coefficient (Wildman–Crippen LogP) is 1.59. The third-order valence-corrected chi connectivity index (χ3v) is 5.00. The maximum atomic E-state index is 11.9. The summed E-state index contributed by atoms with van der Waals surface area (Å²) in [6.45, 7) is 0. The summed E-state index contributed by atoms with van der Waals surface area (Å²) in [4.78, 5) is 8.38. The monoisotopic (exact) mass is 310 g/mol. The molecule has 106 valence electrons. The summed E-state index contributed by atoms with van der Waals surface area (Å²) in [5, 5.41) is 0. The molecule has 1 aromatic heterocycles. The second-order valence-electron chi connectivity index (χ2n) is 3.93. The summed E-state index contributed by atoms with van der Waals surface area (Å²) in [7, 11) is -3.41. The van der Waals surface area contributed by atoms with Crippen molar-refractivity contribution in [1.82, 2.24) is 9.97 Å². The van der Waals surface area contributed by atoms with Gasteiger partial charge in [0.15, 0.2) is 0 Å². The van der Waals surface area contributed by atoms with Crippen LogP contribution in [0.1, 0.15) is 0 Å². The Balaban J connectivity index is 1.89. The first-order valence-electron chi connectivity index (χ1n) is 5.80. The molecule has 0 fully saturated rings. The van der Waals surface area contributed by atoms with Gasteiger partial charge in [0.05, 0.1) is 23.8 Å². The number of hydrogen-bond acceptors (Lipinski definition) is 6. The average molecular weight is 310 g/mol. The van der Waals surface area contributed by atoms with Crippen molar-refractivity contribution in [1.29, 1.82) is 0 Å². The Morgan fingerprint density at radius 3 is 2.60 bits per heavy atom. The zero-order valence-corrected chi connectivity index (χ0v) is 12.2. The van der Waals surface area contributed by atoms with Gasteiger partial charge in [0.25, 0.3) is 0 Å². The topological polar surface area (TPSA) is 98.0 Å². The van der Waals surface area contributed by atoms with Gasteiger partial charge in [-0.3, -0.25) is 4.72 Å². The smallest absolute Gasteiger partial charge is 0.233 e. The highest BCUT2D eigenvalue weighted by atomic mass is 32.2. The third-order valence-electron chi connectivity index (χ3n) is 2.36. The molecule has 0 aliphatic carbocycles. The van der Waals surface area contributed by atoms with E-state index < -0.39 is 10.0 Å². The molecule has 0 aliphatic heterocycles. The van der Waals surface area contributed by atoms with Gasteiger partial charge < -0.3 is 5.73 Å². The number of rotatable bonds is 6. The van der Waals surface area contributed by atoms with Gasteiger partial charge in [-0.2, -0.15) is 0 Å². The molecule has 0 bridgehead atoms. The number of nitrogen functional groups attached to an aromatic ring is 1. The molecule has 20 heavy (non-hydrogen) atoms. The van der Waals surface area contributed by atoms with Crippen LogP contribution in [0.3, 0.4) is 0 Å². The predicted molar refractivity (Wildman–Crippen MR) is 81.0 cm³/mol. The number of nitrogens with one attached hydrogen (secondary N) is 1. The first kappa shape index (κ1) is 14.6. The van der Waals surface area contributed by atoms with Crippen LogP contribution in [0, 0.1) is 0 Å². The molecule has 6 nitrogen and oxygen atoms in total. The number of para-hydroxylation sites is 1. The van der Waals surface area contributed by atoms with Crippen LogP contribution < -0.4 is 10.5 Å². The van der Waals surface area contributed by atoms with Crippen LogP contribution in [0.2, 0.25) is 0 Å². The van der Waals surface area contributed by atoms with Crippen LogP contribution in [0.5, 0.6) is 0 Å². The molecule has 0 radical (unpaired) electrons. The van der Waals surface area contributed by atoms with Gasteiger partial charge in [-0.15, -0.1) is 11.8 Å². The lowest BCUT2D eigenvalue weighted by Gasteiger charge is -2.08. The molecule has 1 aromatic carbocycles. The second kappa shape index (κ2) is 6.58. The van der Waals surface area contributed by atoms with E-state index in [0.29, 0.717) is 17.1 Å². The fraction of sp³-hybridized carbons (Fsp3) is 0.167. The van der Waals surface area contributed by atoms with Crippen LogP contribution >= 0.6 is 11.8 Å². The number of sulfonamides is 1. The number of hydrogen-bond donors (Lipinski definition) is 2. The summed E-state index contributed by atoms with van der Waals surface area (Å²) < 4.78 is 26.1. The van der Waals surface area contributed by atoms with E-state index in [1.165, 1.54) is 30.5 Å². The molecule has 0 saturated carbocycles. The number of nitrogens with zero attached hydrogens (tertiary/aromatic N) is 2. The van der Waals surface area contributed by atoms with Gasteiger partial charge in [-0.25, -0.2) is 18.4 Å². The van der Waals surface area contributed by atoms with Crippen LogP contribution in [-0.4, -0.2) is 29.9 Å². The minimum atomic E-state index is -3.41. The number of benzene rings is 1. The number of anilines is 2. The van der Waals surface area contributed by atoms with E-state index in [0.717, 1.165) is 4.90 Å². The quantitative estimate of drug-likeness (QED) is 0.621. The lowest BCUT2D eigenvalue weighted by Crippen LogP contribution is -2.18. The molecule has 0 aliphatic rings. The summed E-state index contributed by atoms with van der Waals surface area (Å²) >= 11 is 1.41. The van der Waals surface area contributed by atoms with Crippen LogP contribution in [0.4, 0.5) is 11.4 Å². The molecule has 0 atom stereocenters. The van der Waals surface area contributed by atoms with Crippen LogP contribution in [0.15, 0.2) is 47.9 Å². The van der Waals surface area contributed by atoms with E-state index in [9.17, 15) is 8.42 Å². The van der Waals surface area contributed by atoms with Gasteiger partial charge in [0.1, 0.15) is 6.33 Å². The largest absolute Gasteiger partial charge is 0.398 e. The Bertz CT molecular complexity index is 662. The molecule has 0 amide bonds. The van der Waals surface area contributed by atoms with Gasteiger partial charge in [-0.05, 0) is 12.1 Å². The van der Waals surface area contributed by atoms with Gasteiger partial charge in [0, 0.05) is 16.3 Å². The summed E-state index contributed by atoms with van der Waals surface area (Å²) in [6.07, 6.45) is 4.16. The number of thioether (sulfide) groups is 1. The van der Waals surface area contributed by atoms with Crippen molar-refractivity contribution >= 4 is 33.2 Å². The molecular weight excluding hydrogens is 296 g/mol. The molecule has 0 unspecified atom stereocenters. The molecule has 1 heterocycles. The summed E-state index contributed by atoms with van der Waals surface area (Å²) in [6, 6.07) is 7.36. The maximum Gasteiger partial charge on any atom is 0.233 e. The number of aromatic nitrogens is 2. The SMILES string of the molecule is Nc1ccccc1SCCS(=O)(=O)Nc1cncnc1. The fourth-order valence-electron chi connectivity index (χ4n) is 1.46. The van der Waals surface area contributed by atoms with Gasteiger partial charge in [0.2, 0.25) is 10.0 Å². The van der Waals surface area contributed by atoms with E-state index >= 15 is 0 Å². The fourth-order valence-corrected chi connectivity index (χ4v) is 3.86. The van der Waals surface area contributed by atoms with Crippen molar-refractivity contribution in [2.75, 3.05) is 22.0 Å². The van der Waals surface area contributed by atoms with E-state index in [2.05, 4.69) is 14.7 Å². The van der Waals surface area contributed by atoms with Crippen LogP contribution in [-0.2, 0) is 10.0 Å². The molecule has 8 heteroatoms. The maximum absolute atomic E-state index is 11.9. The highest BCUT2D eigenvalue weighted by Crippen LogP contribution is 2.24. The standard InChI is InChI=1S/C12H14N4O2S2/c13-11-3-1-2-4-12(11)19-5-6-20(17,18)16-10-7-14-9-15-8-10/h1-4,7-9,16H,5-6,13H2. The second-order valence-corrected chi connectivity index (χ2v) is 6.91. The lowest BCUT2D eigenvalue weighted by molar-refractivity contribution is 0.602. The number of nitrogens with two attached hydrogens (primary N) is 1. The molecule has 2 rings (SSSR count). The van der Waals surface area contributed by atoms with Crippen molar-refractivity contribution < 1.29 is 8.42 Å². The highest BCUT2D eigenvalue weighted by molar-refractivity contribution is 8.01. The lowest BCUT2D eigenvalue weighted by atomic mass is 10.3. The molecule has 0 spiro atoms. The molecule has 2 aromatic rings. The van der Waals surface area contributed by atoms with E-state index in [-0.39, 0.29) is 5.75 Å². The minimum absolute atomic E-state index is 0.0130. The average Bonchev–Trinajstić information content (AvgIpc) is 2.41. The van der Waals surface area contributed by atoms with E-state index in [1.807, 2.05) is 18.2 Å². The molecular formula is C12H14N4O2S2. The Hall–Kier alpha value is -1.80. The summed E-state index contributed by atoms with van der Waals surface area (Å²) in [5.41, 5.74) is 6.80. The van der Waals surface area contributed by atoms with Crippen molar-refractivity contribution in [3.8, 4) is 0 Å². The van der Waals surface area contributed by atoms with Crippen molar-refractivity contribution in [3.63, 3.8) is 0 Å². The minimum Gasteiger partial charge on any atom is -0.398 e. The van der Waals surface area contributed by atoms with Crippen molar-refractivity contribution in [2.45, 2.75) is 4.90 Å². The van der Waals surface area contributed by atoms with Gasteiger partial charge >= 0.3 is 0 Å². The highest BCUT2D eigenvalue weighted by Gasteiger charge is 2.11. The Morgan fingerprint density at radius 2 is 1.90 bits per heavy atom. The van der Waals surface area contributed by atoms with E-state index in [1.54, 1.807) is 6.07 Å².